The second-order valence-corrected chi connectivity index (χ2v) is 7.60. The minimum atomic E-state index is -0.784. The van der Waals surface area contributed by atoms with Crippen LogP contribution in [0.2, 0.25) is 0 Å². The van der Waals surface area contributed by atoms with Crippen molar-refractivity contribution in [3.63, 3.8) is 0 Å². The molecule has 7 nitrogen and oxygen atoms in total. The summed E-state index contributed by atoms with van der Waals surface area (Å²) in [6.07, 6.45) is 4.50. The molecule has 5 rings (SSSR count). The van der Waals surface area contributed by atoms with Crippen LogP contribution in [0.1, 0.15) is 16.8 Å². The maximum absolute atomic E-state index is 13.2. The molecule has 0 saturated carbocycles. The van der Waals surface area contributed by atoms with Crippen LogP contribution in [0.15, 0.2) is 73.2 Å². The van der Waals surface area contributed by atoms with Gasteiger partial charge in [-0.15, -0.1) is 0 Å². The molecule has 3 heterocycles. The van der Waals surface area contributed by atoms with Crippen molar-refractivity contribution in [3.8, 4) is 17.1 Å². The maximum Gasteiger partial charge on any atom is 0.254 e. The van der Waals surface area contributed by atoms with E-state index in [1.54, 1.807) is 29.6 Å². The van der Waals surface area contributed by atoms with Gasteiger partial charge in [0, 0.05) is 48.6 Å². The van der Waals surface area contributed by atoms with Gasteiger partial charge in [0.2, 0.25) is 0 Å². The molecule has 2 aromatic heterocycles. The monoisotopic (exact) mass is 414 g/mol. The third-order valence-corrected chi connectivity index (χ3v) is 5.58. The zero-order valence-corrected chi connectivity index (χ0v) is 16.8. The van der Waals surface area contributed by atoms with Crippen LogP contribution >= 0.6 is 0 Å². The number of aliphatic hydroxyl groups is 1. The van der Waals surface area contributed by atoms with Gasteiger partial charge in [0.05, 0.1) is 17.6 Å². The number of nitrogens with one attached hydrogen (secondary N) is 1. The minimum Gasteiger partial charge on any atom is -0.488 e. The fraction of sp³-hybridized carbons (Fsp3) is 0.208. The number of H-pyrrole nitrogens is 1. The number of rotatable bonds is 4. The van der Waals surface area contributed by atoms with Crippen molar-refractivity contribution in [3.05, 3.63) is 78.8 Å². The Morgan fingerprint density at radius 2 is 2.00 bits per heavy atom. The van der Waals surface area contributed by atoms with Gasteiger partial charge in [-0.2, -0.15) is 0 Å². The average Bonchev–Trinajstić information content (AvgIpc) is 3.35. The van der Waals surface area contributed by atoms with E-state index in [2.05, 4.69) is 15.0 Å². The summed E-state index contributed by atoms with van der Waals surface area (Å²) in [6.45, 7) is 0.709. The van der Waals surface area contributed by atoms with E-state index in [-0.39, 0.29) is 18.6 Å². The Labute approximate surface area is 179 Å². The number of ether oxygens (including phenoxy) is 1. The smallest absolute Gasteiger partial charge is 0.254 e. The second kappa shape index (κ2) is 8.20. The van der Waals surface area contributed by atoms with Crippen LogP contribution < -0.4 is 4.74 Å². The van der Waals surface area contributed by atoms with Crippen LogP contribution in [0.4, 0.5) is 0 Å². The van der Waals surface area contributed by atoms with Crippen LogP contribution in [0.5, 0.6) is 5.75 Å². The number of pyridine rings is 1. The number of hydrogen-bond acceptors (Lipinski definition) is 5. The van der Waals surface area contributed by atoms with E-state index in [1.165, 1.54) is 0 Å². The summed E-state index contributed by atoms with van der Waals surface area (Å²) in [6, 6.07) is 17.0. The highest BCUT2D eigenvalue weighted by molar-refractivity contribution is 6.00. The lowest BCUT2D eigenvalue weighted by Gasteiger charge is -2.36. The quantitative estimate of drug-likeness (QED) is 0.535. The van der Waals surface area contributed by atoms with Crippen LogP contribution in [-0.4, -0.2) is 56.2 Å². The van der Waals surface area contributed by atoms with Gasteiger partial charge >= 0.3 is 0 Å². The van der Waals surface area contributed by atoms with Gasteiger partial charge in [0.25, 0.3) is 5.91 Å². The first-order valence-electron chi connectivity index (χ1n) is 10.3. The molecular formula is C24H22N4O3. The summed E-state index contributed by atoms with van der Waals surface area (Å²) in [5, 5.41) is 11.7. The van der Waals surface area contributed by atoms with Crippen LogP contribution in [0, 0.1) is 0 Å². The molecule has 0 spiro atoms. The highest BCUT2D eigenvalue weighted by Crippen LogP contribution is 2.26. The molecule has 1 aliphatic heterocycles. The van der Waals surface area contributed by atoms with E-state index in [9.17, 15) is 9.90 Å². The van der Waals surface area contributed by atoms with E-state index in [0.29, 0.717) is 30.1 Å². The van der Waals surface area contributed by atoms with E-state index < -0.39 is 6.10 Å². The molecule has 156 valence electrons. The number of aromatic amines is 1. The van der Waals surface area contributed by atoms with E-state index in [0.717, 1.165) is 16.5 Å². The highest BCUT2D eigenvalue weighted by atomic mass is 16.5. The molecule has 0 bridgehead atoms. The number of hydrogen-bond donors (Lipinski definition) is 2. The zero-order valence-electron chi connectivity index (χ0n) is 16.8. The molecule has 1 saturated heterocycles. The number of nitrogens with zero attached hydrogens (tertiary/aromatic N) is 3. The summed E-state index contributed by atoms with van der Waals surface area (Å²) in [7, 11) is 0. The van der Waals surface area contributed by atoms with Gasteiger partial charge in [-0.25, -0.2) is 4.98 Å². The predicted octanol–water partition coefficient (Wildman–Crippen LogP) is 3.28. The zero-order chi connectivity index (χ0) is 21.2. The Bertz CT molecular complexity index is 1210. The molecule has 2 aromatic carbocycles. The first-order chi connectivity index (χ1) is 15.2. The highest BCUT2D eigenvalue weighted by Gasteiger charge is 2.33. The number of carbonyl (C=O) groups excluding carboxylic acids is 1. The van der Waals surface area contributed by atoms with Gasteiger partial charge in [-0.05, 0) is 24.3 Å². The summed E-state index contributed by atoms with van der Waals surface area (Å²) in [4.78, 5) is 26.5. The van der Waals surface area contributed by atoms with Gasteiger partial charge in [0.1, 0.15) is 23.8 Å². The Morgan fingerprint density at radius 3 is 2.84 bits per heavy atom. The van der Waals surface area contributed by atoms with Crippen molar-refractivity contribution in [1.82, 2.24) is 19.9 Å². The SMILES string of the molecule is O=C(c1ccccc1-c1ncc[nH]1)N1CC[C@@H](Oc2ccc3cccnc3c2)[C@H](O)C1. The van der Waals surface area contributed by atoms with Gasteiger partial charge in [0.15, 0.2) is 0 Å². The molecular weight excluding hydrogens is 392 g/mol. The molecule has 2 atom stereocenters. The van der Waals surface area contributed by atoms with Crippen molar-refractivity contribution in [2.75, 3.05) is 13.1 Å². The minimum absolute atomic E-state index is 0.126. The summed E-state index contributed by atoms with van der Waals surface area (Å²) in [5.74, 6) is 1.19. The largest absolute Gasteiger partial charge is 0.488 e. The number of piperidine rings is 1. The molecule has 0 radical (unpaired) electrons. The van der Waals surface area contributed by atoms with Gasteiger partial charge in [-0.3, -0.25) is 9.78 Å². The molecule has 4 aromatic rings. The maximum atomic E-state index is 13.2. The molecule has 1 aliphatic rings. The molecule has 7 heteroatoms. The third kappa shape index (κ3) is 3.87. The fourth-order valence-corrected chi connectivity index (χ4v) is 3.99. The molecule has 0 unspecified atom stereocenters. The Kier molecular flexibility index (Phi) is 5.09. The topological polar surface area (TPSA) is 91.3 Å². The number of carbonyl (C=O) groups is 1. The summed E-state index contributed by atoms with van der Waals surface area (Å²) in [5.41, 5.74) is 2.15. The first-order valence-corrected chi connectivity index (χ1v) is 10.3. The molecule has 1 fully saturated rings. The number of benzene rings is 2. The predicted molar refractivity (Wildman–Crippen MR) is 117 cm³/mol. The molecule has 0 aliphatic carbocycles. The Balaban J connectivity index is 1.29. The van der Waals surface area contributed by atoms with Crippen LogP contribution in [0.25, 0.3) is 22.3 Å². The number of fused-ring (bicyclic) bond motifs is 1. The lowest BCUT2D eigenvalue weighted by molar-refractivity contribution is -0.0198. The van der Waals surface area contributed by atoms with Crippen LogP contribution in [-0.2, 0) is 0 Å². The number of likely N-dealkylation sites (tertiary alicyclic amines) is 1. The lowest BCUT2D eigenvalue weighted by Crippen LogP contribution is -2.51. The number of aliphatic hydroxyl groups excluding tert-OH is 1. The number of amides is 1. The number of imidazole rings is 1. The van der Waals surface area contributed by atoms with Crippen molar-refractivity contribution in [2.24, 2.45) is 0 Å². The molecule has 2 N–H and O–H groups in total. The Hall–Kier alpha value is -3.71. The van der Waals surface area contributed by atoms with Crippen molar-refractivity contribution in [2.45, 2.75) is 18.6 Å². The molecule has 1 amide bonds. The standard InChI is InChI=1S/C24H22N4O3/c29-21-15-28(24(30)19-6-2-1-5-18(19)23-26-11-12-27-23)13-9-22(21)31-17-8-7-16-4-3-10-25-20(16)14-17/h1-8,10-12,14,21-22,29H,9,13,15H2,(H,26,27)/t21-,22-/m1/s1. The Morgan fingerprint density at radius 1 is 1.10 bits per heavy atom. The number of β-amino-alcohol motifs (C(OH)–C–C–N with tert-alkyl or cyclic N) is 1. The molecule has 31 heavy (non-hydrogen) atoms. The third-order valence-electron chi connectivity index (χ3n) is 5.58. The van der Waals surface area contributed by atoms with Crippen LogP contribution in [0.3, 0.4) is 0 Å². The van der Waals surface area contributed by atoms with E-state index in [1.807, 2.05) is 48.5 Å². The van der Waals surface area contributed by atoms with Gasteiger partial charge < -0.3 is 19.7 Å². The first kappa shape index (κ1) is 19.3. The summed E-state index contributed by atoms with van der Waals surface area (Å²) >= 11 is 0. The normalized spacial score (nSPS) is 18.8. The fourth-order valence-electron chi connectivity index (χ4n) is 3.99. The average molecular weight is 414 g/mol. The van der Waals surface area contributed by atoms with E-state index in [4.69, 9.17) is 4.74 Å². The van der Waals surface area contributed by atoms with Gasteiger partial charge in [-0.1, -0.05) is 24.3 Å². The van der Waals surface area contributed by atoms with Crippen molar-refractivity contribution < 1.29 is 14.6 Å². The van der Waals surface area contributed by atoms with E-state index >= 15 is 0 Å². The number of aromatic nitrogens is 3. The van der Waals surface area contributed by atoms with Crippen molar-refractivity contribution in [1.29, 1.82) is 0 Å². The van der Waals surface area contributed by atoms with Crippen molar-refractivity contribution >= 4 is 16.8 Å². The lowest BCUT2D eigenvalue weighted by atomic mass is 10.0. The second-order valence-electron chi connectivity index (χ2n) is 7.60. The summed E-state index contributed by atoms with van der Waals surface area (Å²) < 4.78 is 6.05.